The van der Waals surface area contributed by atoms with Crippen LogP contribution in [0.1, 0.15) is 29.8 Å². The molecule has 3 aromatic carbocycles. The van der Waals surface area contributed by atoms with Gasteiger partial charge in [0, 0.05) is 43.5 Å². The Morgan fingerprint density at radius 2 is 1.69 bits per heavy atom. The monoisotopic (exact) mass is 503 g/mol. The summed E-state index contributed by atoms with van der Waals surface area (Å²) in [6.45, 7) is 6.47. The average molecular weight is 504 g/mol. The molecule has 1 aliphatic heterocycles. The lowest BCUT2D eigenvalue weighted by molar-refractivity contribution is -0.126. The summed E-state index contributed by atoms with van der Waals surface area (Å²) in [4.78, 5) is 29.3. The van der Waals surface area contributed by atoms with E-state index >= 15 is 0 Å². The van der Waals surface area contributed by atoms with Crippen LogP contribution >= 0.6 is 11.6 Å². The van der Waals surface area contributed by atoms with Crippen molar-refractivity contribution in [1.82, 2.24) is 4.90 Å². The smallest absolute Gasteiger partial charge is 0.255 e. The van der Waals surface area contributed by atoms with Crippen LogP contribution < -0.4 is 15.0 Å². The Morgan fingerprint density at radius 1 is 0.944 bits per heavy atom. The second-order valence-electron chi connectivity index (χ2n) is 8.87. The van der Waals surface area contributed by atoms with E-state index in [1.54, 1.807) is 30.3 Å². The quantitative estimate of drug-likeness (QED) is 0.417. The maximum atomic E-state index is 12.7. The number of halogens is 1. The molecule has 1 aliphatic rings. The summed E-state index contributed by atoms with van der Waals surface area (Å²) in [5, 5.41) is 3.45. The zero-order valence-corrected chi connectivity index (χ0v) is 21.2. The Balaban J connectivity index is 1.33. The Hall–Kier alpha value is -3.77. The molecule has 1 saturated heterocycles. The van der Waals surface area contributed by atoms with Crippen LogP contribution in [0.5, 0.6) is 5.75 Å². The van der Waals surface area contributed by atoms with Gasteiger partial charge >= 0.3 is 0 Å². The van der Waals surface area contributed by atoms with Gasteiger partial charge in [-0.2, -0.15) is 0 Å². The first kappa shape index (κ1) is 25.3. The Labute approximate surface area is 217 Å². The highest BCUT2D eigenvalue weighted by Crippen LogP contribution is 2.30. The minimum absolute atomic E-state index is 0.00511. The fraction of sp³-hybridized carbons (Fsp3) is 0.241. The third kappa shape index (κ3) is 6.67. The van der Waals surface area contributed by atoms with Gasteiger partial charge in [-0.05, 0) is 61.9 Å². The molecule has 4 rings (SSSR count). The van der Waals surface area contributed by atoms with Crippen molar-refractivity contribution in [2.45, 2.75) is 20.0 Å². The standard InChI is InChI=1S/C29H30ClN3O3/c1-21(2)36-25-10-6-9-23(19-25)29(35)31-24-12-13-27(26(30)20-24)32-15-17-33(18-16-32)28(34)14-11-22-7-4-3-5-8-22/h3-14,19-21H,15-18H2,1-2H3,(H,31,35)/b14-11+. The summed E-state index contributed by atoms with van der Waals surface area (Å²) in [7, 11) is 0. The molecule has 0 spiro atoms. The number of piperazine rings is 1. The summed E-state index contributed by atoms with van der Waals surface area (Å²) < 4.78 is 5.68. The number of hydrogen-bond donors (Lipinski definition) is 1. The zero-order chi connectivity index (χ0) is 25.5. The largest absolute Gasteiger partial charge is 0.491 e. The fourth-order valence-electron chi connectivity index (χ4n) is 4.03. The van der Waals surface area contributed by atoms with Gasteiger partial charge in [-0.1, -0.05) is 48.0 Å². The molecule has 0 atom stereocenters. The molecular weight excluding hydrogens is 474 g/mol. The number of nitrogens with zero attached hydrogens (tertiary/aromatic N) is 2. The van der Waals surface area contributed by atoms with E-state index in [0.717, 1.165) is 11.3 Å². The van der Waals surface area contributed by atoms with E-state index in [2.05, 4.69) is 10.2 Å². The summed E-state index contributed by atoms with van der Waals surface area (Å²) >= 11 is 6.59. The van der Waals surface area contributed by atoms with Crippen LogP contribution in [0.4, 0.5) is 11.4 Å². The van der Waals surface area contributed by atoms with Gasteiger partial charge in [0.2, 0.25) is 5.91 Å². The van der Waals surface area contributed by atoms with Gasteiger partial charge in [-0.15, -0.1) is 0 Å². The van der Waals surface area contributed by atoms with Crippen molar-refractivity contribution in [3.8, 4) is 5.75 Å². The average Bonchev–Trinajstić information content (AvgIpc) is 2.88. The molecular formula is C29H30ClN3O3. The van der Waals surface area contributed by atoms with Crippen molar-refractivity contribution in [3.63, 3.8) is 0 Å². The molecule has 36 heavy (non-hydrogen) atoms. The highest BCUT2D eigenvalue weighted by molar-refractivity contribution is 6.33. The number of anilines is 2. The SMILES string of the molecule is CC(C)Oc1cccc(C(=O)Nc2ccc(N3CCN(C(=O)/C=C/c4ccccc4)CC3)c(Cl)c2)c1. The first-order valence-corrected chi connectivity index (χ1v) is 12.4. The van der Waals surface area contributed by atoms with Crippen molar-refractivity contribution in [2.75, 3.05) is 36.4 Å². The van der Waals surface area contributed by atoms with Crippen LogP contribution in [0.3, 0.4) is 0 Å². The number of ether oxygens (including phenoxy) is 1. The maximum absolute atomic E-state index is 12.7. The second kappa shape index (κ2) is 11.8. The second-order valence-corrected chi connectivity index (χ2v) is 9.28. The molecule has 0 aliphatic carbocycles. The molecule has 3 aromatic rings. The fourth-order valence-corrected chi connectivity index (χ4v) is 4.33. The molecule has 7 heteroatoms. The first-order valence-electron chi connectivity index (χ1n) is 12.0. The molecule has 1 N–H and O–H groups in total. The van der Waals surface area contributed by atoms with Crippen LogP contribution in [-0.2, 0) is 4.79 Å². The molecule has 0 unspecified atom stereocenters. The minimum atomic E-state index is -0.233. The lowest BCUT2D eigenvalue weighted by Crippen LogP contribution is -2.48. The van der Waals surface area contributed by atoms with E-state index in [9.17, 15) is 9.59 Å². The highest BCUT2D eigenvalue weighted by atomic mass is 35.5. The number of carbonyl (C=O) groups is 2. The van der Waals surface area contributed by atoms with Gasteiger partial charge < -0.3 is 19.9 Å². The summed E-state index contributed by atoms with van der Waals surface area (Å²) in [5.41, 5.74) is 3.01. The molecule has 2 amide bonds. The Kier molecular flexibility index (Phi) is 8.28. The van der Waals surface area contributed by atoms with Gasteiger partial charge in [-0.3, -0.25) is 9.59 Å². The van der Waals surface area contributed by atoms with Crippen LogP contribution in [0, 0.1) is 0 Å². The summed E-state index contributed by atoms with van der Waals surface area (Å²) in [6.07, 6.45) is 3.49. The number of benzene rings is 3. The molecule has 0 aromatic heterocycles. The molecule has 1 fully saturated rings. The van der Waals surface area contributed by atoms with Crippen molar-refractivity contribution in [2.24, 2.45) is 0 Å². The Morgan fingerprint density at radius 3 is 2.39 bits per heavy atom. The van der Waals surface area contributed by atoms with E-state index in [-0.39, 0.29) is 17.9 Å². The van der Waals surface area contributed by atoms with E-state index < -0.39 is 0 Å². The van der Waals surface area contributed by atoms with E-state index in [1.165, 1.54) is 0 Å². The number of amides is 2. The number of rotatable bonds is 7. The first-order chi connectivity index (χ1) is 17.4. The van der Waals surface area contributed by atoms with E-state index in [1.807, 2.05) is 73.4 Å². The normalized spacial score (nSPS) is 13.8. The van der Waals surface area contributed by atoms with Crippen molar-refractivity contribution < 1.29 is 14.3 Å². The third-order valence-corrected chi connectivity index (χ3v) is 6.13. The molecule has 0 radical (unpaired) electrons. The number of carbonyl (C=O) groups excluding carboxylic acids is 2. The maximum Gasteiger partial charge on any atom is 0.255 e. The summed E-state index contributed by atoms with van der Waals surface area (Å²) in [5.74, 6) is 0.424. The van der Waals surface area contributed by atoms with Crippen molar-refractivity contribution in [3.05, 3.63) is 95.0 Å². The third-order valence-electron chi connectivity index (χ3n) is 5.82. The lowest BCUT2D eigenvalue weighted by Gasteiger charge is -2.36. The van der Waals surface area contributed by atoms with Gasteiger partial charge in [0.25, 0.3) is 5.91 Å². The predicted octanol–water partition coefficient (Wildman–Crippen LogP) is 5.74. The van der Waals surface area contributed by atoms with Gasteiger partial charge in [0.1, 0.15) is 5.75 Å². The van der Waals surface area contributed by atoms with Crippen LogP contribution in [0.15, 0.2) is 78.9 Å². The minimum Gasteiger partial charge on any atom is -0.491 e. The van der Waals surface area contributed by atoms with Crippen LogP contribution in [0.25, 0.3) is 6.08 Å². The van der Waals surface area contributed by atoms with Gasteiger partial charge in [0.05, 0.1) is 16.8 Å². The topological polar surface area (TPSA) is 61.9 Å². The molecule has 6 nitrogen and oxygen atoms in total. The van der Waals surface area contributed by atoms with Gasteiger partial charge in [0.15, 0.2) is 0 Å². The van der Waals surface area contributed by atoms with Gasteiger partial charge in [-0.25, -0.2) is 0 Å². The predicted molar refractivity (Wildman–Crippen MR) is 146 cm³/mol. The molecule has 0 saturated carbocycles. The molecule has 1 heterocycles. The number of nitrogens with one attached hydrogen (secondary N) is 1. The molecule has 186 valence electrons. The Bertz CT molecular complexity index is 1240. The lowest BCUT2D eigenvalue weighted by atomic mass is 10.2. The van der Waals surface area contributed by atoms with Crippen molar-refractivity contribution in [1.29, 1.82) is 0 Å². The van der Waals surface area contributed by atoms with Crippen molar-refractivity contribution >= 4 is 40.9 Å². The zero-order valence-electron chi connectivity index (χ0n) is 20.5. The summed E-state index contributed by atoms with van der Waals surface area (Å²) in [6, 6.07) is 22.4. The number of hydrogen-bond acceptors (Lipinski definition) is 4. The van der Waals surface area contributed by atoms with Crippen LogP contribution in [-0.4, -0.2) is 49.0 Å². The van der Waals surface area contributed by atoms with E-state index in [0.29, 0.717) is 48.2 Å². The highest BCUT2D eigenvalue weighted by Gasteiger charge is 2.21. The van der Waals surface area contributed by atoms with Crippen LogP contribution in [0.2, 0.25) is 5.02 Å². The molecule has 0 bridgehead atoms. The van der Waals surface area contributed by atoms with E-state index in [4.69, 9.17) is 16.3 Å².